The Kier molecular flexibility index (Phi) is 5.37. The molecule has 4 rings (SSSR count). The summed E-state index contributed by atoms with van der Waals surface area (Å²) in [4.78, 5) is 26.0. The van der Waals surface area contributed by atoms with E-state index in [1.807, 2.05) is 36.4 Å². The molecule has 2 N–H and O–H groups in total. The third-order valence-electron chi connectivity index (χ3n) is 4.01. The summed E-state index contributed by atoms with van der Waals surface area (Å²) in [5.74, 6) is -0.459. The lowest BCUT2D eigenvalue weighted by Gasteiger charge is -2.12. The van der Waals surface area contributed by atoms with Crippen LogP contribution >= 0.6 is 45.9 Å². The number of rotatable bonds is 4. The third-order valence-corrected chi connectivity index (χ3v) is 6.47. The van der Waals surface area contributed by atoms with Crippen LogP contribution in [0.2, 0.25) is 8.67 Å². The first-order valence-electron chi connectivity index (χ1n) is 8.16. The number of nitrogens with one attached hydrogen (secondary N) is 2. The summed E-state index contributed by atoms with van der Waals surface area (Å²) in [5.41, 5.74) is 1.31. The van der Waals surface area contributed by atoms with Gasteiger partial charge in [0.05, 0.1) is 18.4 Å². The summed E-state index contributed by atoms with van der Waals surface area (Å²) in [7, 11) is 0. The van der Waals surface area contributed by atoms with Crippen LogP contribution in [0, 0.1) is 0 Å². The van der Waals surface area contributed by atoms with Crippen molar-refractivity contribution in [3.63, 3.8) is 0 Å². The molecule has 0 aliphatic heterocycles. The van der Waals surface area contributed by atoms with E-state index in [1.165, 1.54) is 22.7 Å². The Morgan fingerprint density at radius 1 is 0.643 bits per heavy atom. The van der Waals surface area contributed by atoms with Crippen molar-refractivity contribution in [1.82, 2.24) is 0 Å². The van der Waals surface area contributed by atoms with Crippen molar-refractivity contribution in [2.24, 2.45) is 0 Å². The Morgan fingerprint density at radius 3 is 1.43 bits per heavy atom. The molecule has 8 heteroatoms. The number of hydrogen-bond acceptors (Lipinski definition) is 4. The van der Waals surface area contributed by atoms with E-state index in [0.717, 1.165) is 10.8 Å². The van der Waals surface area contributed by atoms with E-state index >= 15 is 0 Å². The number of hydrogen-bond donors (Lipinski definition) is 2. The minimum Gasteiger partial charge on any atom is -0.321 e. The molecule has 0 aliphatic carbocycles. The highest BCUT2D eigenvalue weighted by Gasteiger charge is 2.14. The van der Waals surface area contributed by atoms with Crippen molar-refractivity contribution in [1.29, 1.82) is 0 Å². The van der Waals surface area contributed by atoms with E-state index in [2.05, 4.69) is 10.6 Å². The maximum absolute atomic E-state index is 12.5. The molecular formula is C20H12Cl2N2O2S2. The van der Waals surface area contributed by atoms with Crippen LogP contribution in [0.3, 0.4) is 0 Å². The second-order valence-corrected chi connectivity index (χ2v) is 9.25. The lowest BCUT2D eigenvalue weighted by molar-refractivity contribution is 0.102. The van der Waals surface area contributed by atoms with Gasteiger partial charge in [0, 0.05) is 22.1 Å². The summed E-state index contributed by atoms with van der Waals surface area (Å²) in [6.45, 7) is 0. The maximum atomic E-state index is 12.5. The molecule has 0 bridgehead atoms. The number of amides is 2. The molecule has 4 nitrogen and oxygen atoms in total. The van der Waals surface area contributed by atoms with Gasteiger partial charge in [-0.3, -0.25) is 9.59 Å². The fourth-order valence-corrected chi connectivity index (χ4v) is 4.65. The normalized spacial score (nSPS) is 10.8. The smallest absolute Gasteiger partial charge is 0.265 e. The van der Waals surface area contributed by atoms with Crippen molar-refractivity contribution in [2.45, 2.75) is 0 Å². The van der Waals surface area contributed by atoms with Gasteiger partial charge in [-0.15, -0.1) is 22.7 Å². The van der Waals surface area contributed by atoms with Crippen molar-refractivity contribution >= 4 is 79.8 Å². The third kappa shape index (κ3) is 3.91. The number of thiophene rings is 2. The van der Waals surface area contributed by atoms with Crippen molar-refractivity contribution in [3.8, 4) is 0 Å². The minimum absolute atomic E-state index is 0.230. The van der Waals surface area contributed by atoms with Crippen molar-refractivity contribution < 1.29 is 9.59 Å². The van der Waals surface area contributed by atoms with Gasteiger partial charge in [0.25, 0.3) is 11.8 Å². The molecule has 2 aromatic carbocycles. The molecule has 0 saturated heterocycles. The lowest BCUT2D eigenvalue weighted by atomic mass is 10.1. The Balaban J connectivity index is 1.64. The molecule has 2 heterocycles. The van der Waals surface area contributed by atoms with Gasteiger partial charge < -0.3 is 10.6 Å². The second-order valence-electron chi connectivity index (χ2n) is 5.82. The molecule has 140 valence electrons. The maximum Gasteiger partial charge on any atom is 0.265 e. The molecule has 0 aliphatic rings. The first-order chi connectivity index (χ1) is 13.5. The average molecular weight is 447 g/mol. The Morgan fingerprint density at radius 2 is 1.07 bits per heavy atom. The largest absolute Gasteiger partial charge is 0.321 e. The fourth-order valence-electron chi connectivity index (χ4n) is 2.77. The van der Waals surface area contributed by atoms with E-state index in [1.54, 1.807) is 24.3 Å². The van der Waals surface area contributed by atoms with Crippen LogP contribution < -0.4 is 10.6 Å². The molecule has 4 aromatic rings. The predicted octanol–water partition coefficient (Wildman–Crippen LogP) is 6.77. The quantitative estimate of drug-likeness (QED) is 0.363. The van der Waals surface area contributed by atoms with E-state index in [-0.39, 0.29) is 11.8 Å². The van der Waals surface area contributed by atoms with Gasteiger partial charge in [-0.1, -0.05) is 47.5 Å². The van der Waals surface area contributed by atoms with Crippen LogP contribution in [0.15, 0.2) is 60.7 Å². The molecule has 0 spiro atoms. The Bertz CT molecular complexity index is 1110. The number of benzene rings is 2. The van der Waals surface area contributed by atoms with Gasteiger partial charge in [-0.05, 0) is 36.4 Å². The van der Waals surface area contributed by atoms with Crippen LogP contribution in [0.1, 0.15) is 19.3 Å². The summed E-state index contributed by atoms with van der Waals surface area (Å²) in [6.07, 6.45) is 0. The highest BCUT2D eigenvalue weighted by molar-refractivity contribution is 7.18. The van der Waals surface area contributed by atoms with Gasteiger partial charge >= 0.3 is 0 Å². The summed E-state index contributed by atoms with van der Waals surface area (Å²) < 4.78 is 1.11. The monoisotopic (exact) mass is 446 g/mol. The van der Waals surface area contributed by atoms with Gasteiger partial charge in [0.2, 0.25) is 0 Å². The highest BCUT2D eigenvalue weighted by Crippen LogP contribution is 2.31. The zero-order valence-electron chi connectivity index (χ0n) is 14.2. The van der Waals surface area contributed by atoms with Crippen molar-refractivity contribution in [3.05, 3.63) is 79.1 Å². The van der Waals surface area contributed by atoms with Gasteiger partial charge in [0.1, 0.15) is 0 Å². The first-order valence-corrected chi connectivity index (χ1v) is 10.6. The van der Waals surface area contributed by atoms with Crippen LogP contribution in [-0.4, -0.2) is 11.8 Å². The van der Waals surface area contributed by atoms with Crippen LogP contribution in [0.5, 0.6) is 0 Å². The van der Waals surface area contributed by atoms with E-state index < -0.39 is 0 Å². The van der Waals surface area contributed by atoms with Gasteiger partial charge in [0.15, 0.2) is 0 Å². The molecule has 0 fully saturated rings. The van der Waals surface area contributed by atoms with Crippen molar-refractivity contribution in [2.75, 3.05) is 10.6 Å². The summed E-state index contributed by atoms with van der Waals surface area (Å²) in [5, 5.41) is 7.47. The predicted molar refractivity (Wildman–Crippen MR) is 119 cm³/mol. The van der Waals surface area contributed by atoms with E-state index in [4.69, 9.17) is 23.2 Å². The zero-order valence-corrected chi connectivity index (χ0v) is 17.3. The molecule has 2 aromatic heterocycles. The number of halogens is 2. The lowest BCUT2D eigenvalue weighted by Crippen LogP contribution is -2.12. The molecule has 2 amide bonds. The standard InChI is InChI=1S/C20H12Cl2N2O2S2/c21-17-9-7-15(27-17)19(25)23-13-5-1-3-11-12(13)4-2-6-14(11)24-20(26)16-8-10-18(22)28-16/h1-10H,(H,23,25)(H,24,26). The summed E-state index contributed by atoms with van der Waals surface area (Å²) >= 11 is 14.3. The molecular weight excluding hydrogens is 435 g/mol. The highest BCUT2D eigenvalue weighted by atomic mass is 35.5. The fraction of sp³-hybridized carbons (Fsp3) is 0. The van der Waals surface area contributed by atoms with Gasteiger partial charge in [-0.2, -0.15) is 0 Å². The average Bonchev–Trinajstić information content (AvgIpc) is 3.31. The molecule has 0 saturated carbocycles. The topological polar surface area (TPSA) is 58.2 Å². The van der Waals surface area contributed by atoms with Gasteiger partial charge in [-0.25, -0.2) is 0 Å². The van der Waals surface area contributed by atoms with Crippen LogP contribution in [0.25, 0.3) is 10.8 Å². The number of carbonyl (C=O) groups excluding carboxylic acids is 2. The van der Waals surface area contributed by atoms with E-state index in [0.29, 0.717) is 29.8 Å². The molecule has 0 atom stereocenters. The number of anilines is 2. The number of fused-ring (bicyclic) bond motifs is 1. The Labute approximate surface area is 178 Å². The minimum atomic E-state index is -0.230. The van der Waals surface area contributed by atoms with E-state index in [9.17, 15) is 9.59 Å². The number of carbonyl (C=O) groups is 2. The first kappa shape index (κ1) is 19.0. The van der Waals surface area contributed by atoms with Crippen LogP contribution in [0.4, 0.5) is 11.4 Å². The SMILES string of the molecule is O=C(Nc1cccc2c(NC(=O)c3ccc(Cl)s3)cccc12)c1ccc(Cl)s1. The molecule has 28 heavy (non-hydrogen) atoms. The Hall–Kier alpha value is -2.38. The van der Waals surface area contributed by atoms with Crippen LogP contribution in [-0.2, 0) is 0 Å². The zero-order chi connectivity index (χ0) is 19.7. The summed E-state index contributed by atoms with van der Waals surface area (Å²) in [6, 6.07) is 17.8. The molecule has 0 radical (unpaired) electrons. The second kappa shape index (κ2) is 7.93. The molecule has 0 unspecified atom stereocenters.